The number of aromatic nitrogens is 1. The third-order valence-corrected chi connectivity index (χ3v) is 7.83. The molecular weight excluding hydrogens is 412 g/mol. The Kier molecular flexibility index (Phi) is 5.75. The summed E-state index contributed by atoms with van der Waals surface area (Å²) in [4.78, 5) is 10.5. The van der Waals surface area contributed by atoms with Gasteiger partial charge in [-0.15, -0.1) is 11.3 Å². The third-order valence-electron chi connectivity index (χ3n) is 6.59. The maximum atomic E-state index is 6.11. The summed E-state index contributed by atoms with van der Waals surface area (Å²) in [5.74, 6) is 1.63. The van der Waals surface area contributed by atoms with Crippen LogP contribution in [0.25, 0.3) is 11.5 Å². The van der Waals surface area contributed by atoms with Gasteiger partial charge in [0.25, 0.3) is 0 Å². The van der Waals surface area contributed by atoms with Crippen molar-refractivity contribution in [3.8, 4) is 11.5 Å². The quantitative estimate of drug-likeness (QED) is 0.332. The lowest BCUT2D eigenvalue weighted by Gasteiger charge is -2.36. The summed E-state index contributed by atoms with van der Waals surface area (Å²) >= 11 is 1.98. The molecule has 1 aliphatic heterocycles. The molecule has 2 aromatic carbocycles. The molecule has 164 valence electrons. The first-order valence-corrected chi connectivity index (χ1v) is 12.3. The monoisotopic (exact) mass is 442 g/mol. The van der Waals surface area contributed by atoms with Crippen LogP contribution in [0.1, 0.15) is 56.4 Å². The molecule has 1 aliphatic rings. The van der Waals surface area contributed by atoms with E-state index >= 15 is 0 Å². The Labute approximate surface area is 194 Å². The van der Waals surface area contributed by atoms with Crippen LogP contribution < -0.4 is 0 Å². The van der Waals surface area contributed by atoms with Gasteiger partial charge in [0, 0.05) is 28.4 Å². The smallest absolute Gasteiger partial charge is 0.226 e. The molecule has 0 radical (unpaired) electrons. The number of nitrogens with zero attached hydrogens (tertiary/aromatic N) is 2. The van der Waals surface area contributed by atoms with Gasteiger partial charge in [-0.2, -0.15) is 0 Å². The highest BCUT2D eigenvalue weighted by atomic mass is 32.1. The molecule has 0 aliphatic carbocycles. The summed E-state index contributed by atoms with van der Waals surface area (Å²) in [6.07, 6.45) is 2.22. The van der Waals surface area contributed by atoms with Crippen molar-refractivity contribution in [2.75, 3.05) is 6.54 Å². The van der Waals surface area contributed by atoms with Crippen molar-refractivity contribution in [2.45, 2.75) is 53.1 Å². The molecule has 3 nitrogen and oxygen atoms in total. The Bertz CT molecular complexity index is 1240. The number of fused-ring (bicyclic) bond motifs is 1. The van der Waals surface area contributed by atoms with E-state index in [9.17, 15) is 0 Å². The van der Waals surface area contributed by atoms with Crippen LogP contribution in [0.3, 0.4) is 0 Å². The number of oxazole rings is 1. The molecule has 4 aromatic rings. The van der Waals surface area contributed by atoms with Crippen LogP contribution in [0, 0.1) is 20.8 Å². The fraction of sp³-hybridized carbons (Fsp3) is 0.321. The zero-order valence-electron chi connectivity index (χ0n) is 19.3. The third kappa shape index (κ3) is 3.82. The van der Waals surface area contributed by atoms with E-state index in [4.69, 9.17) is 9.40 Å². The van der Waals surface area contributed by atoms with Gasteiger partial charge >= 0.3 is 0 Å². The van der Waals surface area contributed by atoms with Gasteiger partial charge in [0.2, 0.25) is 5.89 Å². The van der Waals surface area contributed by atoms with E-state index in [0.717, 1.165) is 48.8 Å². The predicted octanol–water partition coefficient (Wildman–Crippen LogP) is 7.04. The van der Waals surface area contributed by atoms with Gasteiger partial charge in [-0.05, 0) is 62.4 Å². The molecule has 0 spiro atoms. The molecule has 0 saturated heterocycles. The van der Waals surface area contributed by atoms with Crippen molar-refractivity contribution in [3.05, 3.63) is 98.1 Å². The van der Waals surface area contributed by atoms with Crippen LogP contribution in [0.5, 0.6) is 0 Å². The molecule has 0 saturated carbocycles. The largest absolute Gasteiger partial charge is 0.441 e. The van der Waals surface area contributed by atoms with Crippen molar-refractivity contribution >= 4 is 11.3 Å². The molecular formula is C28H30N2OS. The van der Waals surface area contributed by atoms with Crippen molar-refractivity contribution in [1.82, 2.24) is 9.88 Å². The lowest BCUT2D eigenvalue weighted by Crippen LogP contribution is -2.35. The summed E-state index contributed by atoms with van der Waals surface area (Å²) in [5, 5.41) is 0. The maximum Gasteiger partial charge on any atom is 0.226 e. The molecule has 0 bridgehead atoms. The number of aryl methyl sites for hydroxylation is 3. The number of hydrogen-bond donors (Lipinski definition) is 0. The molecule has 1 unspecified atom stereocenters. The Morgan fingerprint density at radius 3 is 2.62 bits per heavy atom. The second-order valence-corrected chi connectivity index (χ2v) is 10.0. The maximum absolute atomic E-state index is 6.11. The lowest BCUT2D eigenvalue weighted by molar-refractivity contribution is 0.204. The second kappa shape index (κ2) is 8.68. The van der Waals surface area contributed by atoms with Gasteiger partial charge in [0.05, 0.1) is 11.7 Å². The summed E-state index contributed by atoms with van der Waals surface area (Å²) in [6, 6.07) is 19.6. The topological polar surface area (TPSA) is 29.3 Å². The van der Waals surface area contributed by atoms with Crippen LogP contribution in [-0.4, -0.2) is 16.4 Å². The zero-order chi connectivity index (χ0) is 22.2. The van der Waals surface area contributed by atoms with Crippen LogP contribution >= 0.6 is 11.3 Å². The predicted molar refractivity (Wildman–Crippen MR) is 132 cm³/mol. The molecule has 0 amide bonds. The van der Waals surface area contributed by atoms with Gasteiger partial charge in [-0.3, -0.25) is 4.90 Å². The highest BCUT2D eigenvalue weighted by Gasteiger charge is 2.33. The van der Waals surface area contributed by atoms with Gasteiger partial charge in [0.1, 0.15) is 5.76 Å². The highest BCUT2D eigenvalue weighted by Crippen LogP contribution is 2.43. The average molecular weight is 443 g/mol. The van der Waals surface area contributed by atoms with Gasteiger partial charge in [-0.1, -0.05) is 55.0 Å². The Hall–Kier alpha value is -2.69. The highest BCUT2D eigenvalue weighted by molar-refractivity contribution is 7.12. The van der Waals surface area contributed by atoms with Crippen molar-refractivity contribution in [1.29, 1.82) is 0 Å². The normalized spacial score (nSPS) is 16.3. The Balaban J connectivity index is 1.52. The fourth-order valence-corrected chi connectivity index (χ4v) is 6.46. The molecule has 4 heteroatoms. The zero-order valence-corrected chi connectivity index (χ0v) is 20.1. The molecule has 0 fully saturated rings. The minimum absolute atomic E-state index is 0.266. The fourth-order valence-electron chi connectivity index (χ4n) is 4.99. The summed E-state index contributed by atoms with van der Waals surface area (Å²) < 4.78 is 6.11. The number of thiophene rings is 1. The Morgan fingerprint density at radius 2 is 1.88 bits per heavy atom. The lowest BCUT2D eigenvalue weighted by atomic mass is 9.91. The van der Waals surface area contributed by atoms with Crippen LogP contribution in [0.4, 0.5) is 0 Å². The van der Waals surface area contributed by atoms with Crippen molar-refractivity contribution in [3.63, 3.8) is 0 Å². The SMILES string of the molecule is CCc1c(C)sc2c1CCN(Cc1nc(-c3cccc(C)c3)oc1C)C2c1ccccc1. The van der Waals surface area contributed by atoms with E-state index in [-0.39, 0.29) is 6.04 Å². The van der Waals surface area contributed by atoms with Crippen molar-refractivity contribution in [2.24, 2.45) is 0 Å². The summed E-state index contributed by atoms with van der Waals surface area (Å²) in [7, 11) is 0. The van der Waals surface area contributed by atoms with E-state index in [1.807, 2.05) is 18.3 Å². The number of rotatable bonds is 5. The molecule has 32 heavy (non-hydrogen) atoms. The average Bonchev–Trinajstić information content (AvgIpc) is 3.32. The Morgan fingerprint density at radius 1 is 1.06 bits per heavy atom. The molecule has 2 aromatic heterocycles. The standard InChI is InChI=1S/C28H30N2OS/c1-5-23-20(4)32-27-24(23)14-15-30(26(27)21-11-7-6-8-12-21)17-25-19(3)31-28(29-25)22-13-9-10-18(2)16-22/h6-13,16,26H,5,14-15,17H2,1-4H3. The molecule has 5 rings (SSSR count). The first-order valence-electron chi connectivity index (χ1n) is 11.5. The second-order valence-electron chi connectivity index (χ2n) is 8.76. The van der Waals surface area contributed by atoms with Gasteiger partial charge in [0.15, 0.2) is 0 Å². The van der Waals surface area contributed by atoms with Crippen molar-refractivity contribution < 1.29 is 4.42 Å². The van der Waals surface area contributed by atoms with E-state index in [2.05, 4.69) is 80.3 Å². The first-order chi connectivity index (χ1) is 15.5. The summed E-state index contributed by atoms with van der Waals surface area (Å²) in [5.41, 5.74) is 7.79. The van der Waals surface area contributed by atoms with Crippen LogP contribution in [0.15, 0.2) is 59.0 Å². The number of hydrogen-bond acceptors (Lipinski definition) is 4. The molecule has 0 N–H and O–H groups in total. The van der Waals surface area contributed by atoms with Gasteiger partial charge in [-0.25, -0.2) is 4.98 Å². The minimum Gasteiger partial charge on any atom is -0.441 e. The van der Waals surface area contributed by atoms with Crippen LogP contribution in [0.2, 0.25) is 0 Å². The van der Waals surface area contributed by atoms with Gasteiger partial charge < -0.3 is 4.42 Å². The molecule has 1 atom stereocenters. The number of benzene rings is 2. The van der Waals surface area contributed by atoms with E-state index in [1.165, 1.54) is 20.9 Å². The minimum atomic E-state index is 0.266. The first kappa shape index (κ1) is 21.2. The van der Waals surface area contributed by atoms with E-state index in [1.54, 1.807) is 11.1 Å². The van der Waals surface area contributed by atoms with Crippen LogP contribution in [-0.2, 0) is 19.4 Å². The molecule has 3 heterocycles. The van der Waals surface area contributed by atoms with E-state index in [0.29, 0.717) is 0 Å². The summed E-state index contributed by atoms with van der Waals surface area (Å²) in [6.45, 7) is 10.5. The van der Waals surface area contributed by atoms with E-state index < -0.39 is 0 Å².